The monoisotopic (exact) mass is 387 g/mol. The molecule has 2 aliphatic heterocycles. The minimum absolute atomic E-state index is 0.00916. The van der Waals surface area contributed by atoms with E-state index in [1.165, 1.54) is 0 Å². The molecule has 2 atom stereocenters. The van der Waals surface area contributed by atoms with Crippen LogP contribution in [0.25, 0.3) is 0 Å². The highest BCUT2D eigenvalue weighted by molar-refractivity contribution is 7.08. The van der Waals surface area contributed by atoms with Crippen LogP contribution in [0.5, 0.6) is 0 Å². The number of rotatable bonds is 4. The van der Waals surface area contributed by atoms with Crippen LogP contribution in [0.4, 0.5) is 5.95 Å². The van der Waals surface area contributed by atoms with Crippen molar-refractivity contribution in [3.8, 4) is 0 Å². The molecule has 2 aromatic rings. The molecule has 0 unspecified atom stereocenters. The van der Waals surface area contributed by atoms with E-state index < -0.39 is 0 Å². The van der Waals surface area contributed by atoms with Crippen molar-refractivity contribution in [2.75, 3.05) is 31.2 Å². The first-order valence-electron chi connectivity index (χ1n) is 8.98. The van der Waals surface area contributed by atoms with E-state index in [-0.39, 0.29) is 23.9 Å². The molecule has 0 spiro atoms. The third kappa shape index (κ3) is 4.09. The van der Waals surface area contributed by atoms with E-state index in [0.717, 1.165) is 18.7 Å². The second kappa shape index (κ2) is 8.01. The summed E-state index contributed by atoms with van der Waals surface area (Å²) >= 11 is 1.57. The molecule has 2 saturated heterocycles. The minimum Gasteiger partial charge on any atom is -0.378 e. The molecule has 2 aromatic heterocycles. The Bertz CT molecular complexity index is 790. The Hall–Kier alpha value is -2.52. The van der Waals surface area contributed by atoms with E-state index in [4.69, 9.17) is 4.74 Å². The summed E-state index contributed by atoms with van der Waals surface area (Å²) in [7, 11) is 0. The third-order valence-corrected chi connectivity index (χ3v) is 5.52. The normalized spacial score (nSPS) is 23.0. The smallest absolute Gasteiger partial charge is 0.254 e. The maximum absolute atomic E-state index is 12.7. The molecule has 142 valence electrons. The maximum atomic E-state index is 12.7. The summed E-state index contributed by atoms with van der Waals surface area (Å²) in [6.45, 7) is 2.80. The molecule has 2 N–H and O–H groups in total. The molecule has 4 rings (SSSR count). The quantitative estimate of drug-likeness (QED) is 0.816. The lowest BCUT2D eigenvalue weighted by atomic mass is 9.93. The van der Waals surface area contributed by atoms with Gasteiger partial charge in [0.1, 0.15) is 0 Å². The summed E-state index contributed by atoms with van der Waals surface area (Å²) in [5.74, 6) is 0.385. The third-order valence-electron chi connectivity index (χ3n) is 4.81. The molecule has 2 amide bonds. The van der Waals surface area contributed by atoms with E-state index in [2.05, 4.69) is 20.6 Å². The zero-order valence-electron chi connectivity index (χ0n) is 14.8. The van der Waals surface area contributed by atoms with Gasteiger partial charge in [0.05, 0.1) is 30.9 Å². The number of hydrogen-bond donors (Lipinski definition) is 2. The van der Waals surface area contributed by atoms with Crippen LogP contribution in [-0.2, 0) is 9.53 Å². The van der Waals surface area contributed by atoms with Crippen molar-refractivity contribution in [1.29, 1.82) is 0 Å². The van der Waals surface area contributed by atoms with Gasteiger partial charge in [0.2, 0.25) is 11.9 Å². The van der Waals surface area contributed by atoms with Gasteiger partial charge < -0.3 is 20.3 Å². The van der Waals surface area contributed by atoms with E-state index in [9.17, 15) is 9.59 Å². The predicted molar refractivity (Wildman–Crippen MR) is 101 cm³/mol. The highest BCUT2D eigenvalue weighted by atomic mass is 32.1. The van der Waals surface area contributed by atoms with E-state index in [1.807, 2.05) is 21.7 Å². The van der Waals surface area contributed by atoms with Crippen molar-refractivity contribution >= 4 is 29.1 Å². The van der Waals surface area contributed by atoms with Gasteiger partial charge in [0.15, 0.2) is 0 Å². The number of ether oxygens (including phenoxy) is 1. The molecule has 2 fully saturated rings. The number of nitrogens with zero attached hydrogens (tertiary/aromatic N) is 3. The van der Waals surface area contributed by atoms with Gasteiger partial charge in [-0.25, -0.2) is 9.97 Å². The van der Waals surface area contributed by atoms with Gasteiger partial charge in [-0.2, -0.15) is 11.3 Å². The molecule has 0 aliphatic carbocycles. The summed E-state index contributed by atoms with van der Waals surface area (Å²) < 4.78 is 5.33. The van der Waals surface area contributed by atoms with Crippen molar-refractivity contribution in [2.24, 2.45) is 0 Å². The van der Waals surface area contributed by atoms with Crippen LogP contribution in [0.2, 0.25) is 0 Å². The fraction of sp³-hybridized carbons (Fsp3) is 0.444. The van der Waals surface area contributed by atoms with Gasteiger partial charge >= 0.3 is 0 Å². The molecule has 4 heterocycles. The largest absolute Gasteiger partial charge is 0.378 e. The average molecular weight is 387 g/mol. The van der Waals surface area contributed by atoms with Gasteiger partial charge in [-0.05, 0) is 28.8 Å². The second-order valence-electron chi connectivity index (χ2n) is 6.59. The lowest BCUT2D eigenvalue weighted by Gasteiger charge is -2.32. The molecule has 8 nitrogen and oxygen atoms in total. The van der Waals surface area contributed by atoms with Crippen LogP contribution in [0, 0.1) is 0 Å². The molecule has 9 heteroatoms. The first-order chi connectivity index (χ1) is 13.2. The molecule has 2 aliphatic rings. The number of aromatic nitrogens is 2. The van der Waals surface area contributed by atoms with Crippen LogP contribution in [0.15, 0.2) is 29.2 Å². The van der Waals surface area contributed by atoms with E-state index >= 15 is 0 Å². The van der Waals surface area contributed by atoms with Gasteiger partial charge in [-0.3, -0.25) is 9.59 Å². The zero-order valence-corrected chi connectivity index (χ0v) is 15.6. The number of nitrogens with one attached hydrogen (secondary N) is 2. The number of anilines is 1. The number of carbonyl (C=O) groups is 2. The standard InChI is InChI=1S/C18H21N5O3S/c24-15-2-1-14(16(22-15)12-3-8-27-11-12)21-17(25)13-9-19-18(20-10-13)23-4-6-26-7-5-23/h3,8-11,14,16H,1-2,4-7H2,(H,21,25)(H,22,24)/t14-,16+/m1/s1. The van der Waals surface area contributed by atoms with Gasteiger partial charge in [-0.15, -0.1) is 0 Å². The number of carbonyl (C=O) groups excluding carboxylic acids is 2. The molecule has 0 aromatic carbocycles. The molecule has 0 bridgehead atoms. The number of thiophene rings is 1. The average Bonchev–Trinajstić information content (AvgIpc) is 3.25. The number of amides is 2. The van der Waals surface area contributed by atoms with Gasteiger partial charge in [0.25, 0.3) is 5.91 Å². The van der Waals surface area contributed by atoms with Crippen molar-refractivity contribution < 1.29 is 14.3 Å². The summed E-state index contributed by atoms with van der Waals surface area (Å²) in [5.41, 5.74) is 1.42. The predicted octanol–water partition coefficient (Wildman–Crippen LogP) is 1.12. The first-order valence-corrected chi connectivity index (χ1v) is 9.92. The van der Waals surface area contributed by atoms with Crippen molar-refractivity contribution in [3.05, 3.63) is 40.3 Å². The number of piperidine rings is 1. The fourth-order valence-corrected chi connectivity index (χ4v) is 4.04. The van der Waals surface area contributed by atoms with Crippen LogP contribution in [0.1, 0.15) is 34.8 Å². The Morgan fingerprint density at radius 3 is 2.78 bits per heavy atom. The molecule has 0 saturated carbocycles. The summed E-state index contributed by atoms with van der Waals surface area (Å²) in [6.07, 6.45) is 4.10. The lowest BCUT2D eigenvalue weighted by Crippen LogP contribution is -2.50. The Morgan fingerprint density at radius 1 is 1.30 bits per heavy atom. The topological polar surface area (TPSA) is 96.5 Å². The number of hydrogen-bond acceptors (Lipinski definition) is 7. The molecule has 0 radical (unpaired) electrons. The van der Waals surface area contributed by atoms with Crippen LogP contribution in [-0.4, -0.2) is 54.1 Å². The number of morpholine rings is 1. The van der Waals surface area contributed by atoms with E-state index in [1.54, 1.807) is 23.7 Å². The summed E-state index contributed by atoms with van der Waals surface area (Å²) in [4.78, 5) is 35.2. The van der Waals surface area contributed by atoms with Crippen LogP contribution in [0.3, 0.4) is 0 Å². The molecular weight excluding hydrogens is 366 g/mol. The van der Waals surface area contributed by atoms with Crippen molar-refractivity contribution in [2.45, 2.75) is 24.9 Å². The SMILES string of the molecule is O=C1CC[C@@H](NC(=O)c2cnc(N3CCOCC3)nc2)[C@H](c2ccsc2)N1. The van der Waals surface area contributed by atoms with Crippen molar-refractivity contribution in [1.82, 2.24) is 20.6 Å². The Morgan fingerprint density at radius 2 is 2.07 bits per heavy atom. The fourth-order valence-electron chi connectivity index (χ4n) is 3.34. The molecular formula is C18H21N5O3S. The van der Waals surface area contributed by atoms with Crippen LogP contribution < -0.4 is 15.5 Å². The summed E-state index contributed by atoms with van der Waals surface area (Å²) in [5, 5.41) is 9.97. The highest BCUT2D eigenvalue weighted by Gasteiger charge is 2.31. The second-order valence-corrected chi connectivity index (χ2v) is 7.37. The van der Waals surface area contributed by atoms with Gasteiger partial charge in [0, 0.05) is 31.9 Å². The maximum Gasteiger partial charge on any atom is 0.254 e. The zero-order chi connectivity index (χ0) is 18.6. The van der Waals surface area contributed by atoms with Crippen molar-refractivity contribution in [3.63, 3.8) is 0 Å². The van der Waals surface area contributed by atoms with E-state index in [0.29, 0.717) is 37.6 Å². The Kier molecular flexibility index (Phi) is 5.30. The van der Waals surface area contributed by atoms with Gasteiger partial charge in [-0.1, -0.05) is 0 Å². The Balaban J connectivity index is 1.43. The Labute approximate surface area is 161 Å². The molecule has 27 heavy (non-hydrogen) atoms. The lowest BCUT2D eigenvalue weighted by molar-refractivity contribution is -0.123. The minimum atomic E-state index is -0.232. The van der Waals surface area contributed by atoms with Crippen LogP contribution >= 0.6 is 11.3 Å². The first kappa shape index (κ1) is 17.9. The highest BCUT2D eigenvalue weighted by Crippen LogP contribution is 2.26. The summed E-state index contributed by atoms with van der Waals surface area (Å²) in [6, 6.07) is 1.60.